The maximum atomic E-state index is 6.33. The van der Waals surface area contributed by atoms with Gasteiger partial charge in [0, 0.05) is 22.4 Å². The molecule has 0 bridgehead atoms. The highest BCUT2D eigenvalue weighted by molar-refractivity contribution is 6.37. The van der Waals surface area contributed by atoms with E-state index < -0.39 is 0 Å². The lowest BCUT2D eigenvalue weighted by atomic mass is 10.1. The average Bonchev–Trinajstić information content (AvgIpc) is 3.14. The van der Waals surface area contributed by atoms with E-state index in [9.17, 15) is 0 Å². The van der Waals surface area contributed by atoms with E-state index in [2.05, 4.69) is 4.98 Å². The second-order valence-electron chi connectivity index (χ2n) is 5.42. The molecule has 5 aromatic rings. The lowest BCUT2D eigenvalue weighted by molar-refractivity contribution is 0.617. The summed E-state index contributed by atoms with van der Waals surface area (Å²) >= 11 is 6.33. The molecule has 4 heteroatoms. The summed E-state index contributed by atoms with van der Waals surface area (Å²) in [6.45, 7) is 0. The third-order valence-corrected chi connectivity index (χ3v) is 4.29. The standard InChI is InChI=1S/C19H10ClNO2/c20-13-7-4-8-15-18(13)12-9-14-17(10-16(12)22-15)23-19(21-14)11-5-2-1-3-6-11/h1-10H. The maximum Gasteiger partial charge on any atom is 0.227 e. The molecule has 3 aromatic carbocycles. The lowest BCUT2D eigenvalue weighted by Gasteiger charge is -1.92. The van der Waals surface area contributed by atoms with Gasteiger partial charge in [0.2, 0.25) is 5.89 Å². The monoisotopic (exact) mass is 319 g/mol. The molecule has 2 heterocycles. The van der Waals surface area contributed by atoms with E-state index in [0.29, 0.717) is 16.5 Å². The number of halogens is 1. The fourth-order valence-electron chi connectivity index (χ4n) is 2.91. The molecule has 23 heavy (non-hydrogen) atoms. The Hall–Kier alpha value is -2.78. The lowest BCUT2D eigenvalue weighted by Crippen LogP contribution is -1.75. The highest BCUT2D eigenvalue weighted by atomic mass is 35.5. The third-order valence-electron chi connectivity index (χ3n) is 3.98. The van der Waals surface area contributed by atoms with Gasteiger partial charge < -0.3 is 8.83 Å². The van der Waals surface area contributed by atoms with Crippen molar-refractivity contribution in [1.29, 1.82) is 0 Å². The van der Waals surface area contributed by atoms with Crippen molar-refractivity contribution in [2.75, 3.05) is 0 Å². The predicted molar refractivity (Wildman–Crippen MR) is 91.7 cm³/mol. The van der Waals surface area contributed by atoms with Gasteiger partial charge in [-0.1, -0.05) is 35.9 Å². The van der Waals surface area contributed by atoms with Crippen LogP contribution >= 0.6 is 11.6 Å². The van der Waals surface area contributed by atoms with Crippen molar-refractivity contribution in [3.63, 3.8) is 0 Å². The number of hydrogen-bond donors (Lipinski definition) is 0. The van der Waals surface area contributed by atoms with Crippen LogP contribution in [0, 0.1) is 0 Å². The Morgan fingerprint density at radius 2 is 1.65 bits per heavy atom. The number of fused-ring (bicyclic) bond motifs is 4. The molecule has 0 radical (unpaired) electrons. The first kappa shape index (κ1) is 12.7. The van der Waals surface area contributed by atoms with Gasteiger partial charge in [-0.3, -0.25) is 0 Å². The van der Waals surface area contributed by atoms with E-state index in [1.165, 1.54) is 0 Å². The first-order valence-electron chi connectivity index (χ1n) is 7.26. The number of benzene rings is 3. The van der Waals surface area contributed by atoms with Gasteiger partial charge in [0.05, 0.1) is 5.02 Å². The van der Waals surface area contributed by atoms with Gasteiger partial charge in [0.1, 0.15) is 16.7 Å². The number of nitrogens with zero attached hydrogens (tertiary/aromatic N) is 1. The van der Waals surface area contributed by atoms with Crippen molar-refractivity contribution in [3.8, 4) is 11.5 Å². The minimum atomic E-state index is 0.601. The van der Waals surface area contributed by atoms with Crippen molar-refractivity contribution in [2.24, 2.45) is 0 Å². The number of furan rings is 1. The van der Waals surface area contributed by atoms with E-state index in [1.807, 2.05) is 60.7 Å². The number of hydrogen-bond acceptors (Lipinski definition) is 3. The van der Waals surface area contributed by atoms with E-state index >= 15 is 0 Å². The quantitative estimate of drug-likeness (QED) is 0.377. The summed E-state index contributed by atoms with van der Waals surface area (Å²) in [4.78, 5) is 4.60. The number of aromatic nitrogens is 1. The molecule has 5 rings (SSSR count). The SMILES string of the molecule is Clc1cccc2oc3cc4oc(-c5ccccc5)nc4cc3c12. The molecule has 3 nitrogen and oxygen atoms in total. The molecule has 0 saturated carbocycles. The molecule has 0 aliphatic heterocycles. The molecule has 0 saturated heterocycles. The Balaban J connectivity index is 1.82. The van der Waals surface area contributed by atoms with Crippen LogP contribution in [-0.4, -0.2) is 4.98 Å². The summed E-state index contributed by atoms with van der Waals surface area (Å²) in [5, 5.41) is 2.54. The topological polar surface area (TPSA) is 39.2 Å². The minimum Gasteiger partial charge on any atom is -0.456 e. The van der Waals surface area contributed by atoms with Crippen molar-refractivity contribution in [1.82, 2.24) is 4.98 Å². The van der Waals surface area contributed by atoms with Gasteiger partial charge in [-0.25, -0.2) is 4.98 Å². The van der Waals surface area contributed by atoms with Crippen LogP contribution in [-0.2, 0) is 0 Å². The fourth-order valence-corrected chi connectivity index (χ4v) is 3.18. The van der Waals surface area contributed by atoms with Gasteiger partial charge in [-0.15, -0.1) is 0 Å². The molecule has 0 aliphatic rings. The minimum absolute atomic E-state index is 0.601. The van der Waals surface area contributed by atoms with Gasteiger partial charge in [-0.05, 0) is 30.3 Å². The first-order valence-corrected chi connectivity index (χ1v) is 7.64. The van der Waals surface area contributed by atoms with Crippen LogP contribution in [0.2, 0.25) is 5.02 Å². The Kier molecular flexibility index (Phi) is 2.55. The number of oxazole rings is 1. The van der Waals surface area contributed by atoms with Crippen molar-refractivity contribution in [3.05, 3.63) is 65.7 Å². The third kappa shape index (κ3) is 1.87. The second-order valence-corrected chi connectivity index (χ2v) is 5.82. The van der Waals surface area contributed by atoms with Gasteiger partial charge in [0.15, 0.2) is 5.58 Å². The maximum absolute atomic E-state index is 6.33. The van der Waals surface area contributed by atoms with Crippen LogP contribution in [0.5, 0.6) is 0 Å². The largest absolute Gasteiger partial charge is 0.456 e. The highest BCUT2D eigenvalue weighted by Crippen LogP contribution is 2.36. The van der Waals surface area contributed by atoms with E-state index in [-0.39, 0.29) is 0 Å². The van der Waals surface area contributed by atoms with E-state index in [4.69, 9.17) is 20.4 Å². The molecular weight excluding hydrogens is 310 g/mol. The first-order chi connectivity index (χ1) is 11.3. The Morgan fingerprint density at radius 3 is 2.52 bits per heavy atom. The summed E-state index contributed by atoms with van der Waals surface area (Å²) in [6, 6.07) is 19.3. The molecule has 0 fully saturated rings. The normalized spacial score (nSPS) is 11.7. The summed E-state index contributed by atoms with van der Waals surface area (Å²) in [5.74, 6) is 0.601. The predicted octanol–water partition coefficient (Wildman–Crippen LogP) is 6.05. The molecule has 0 spiro atoms. The van der Waals surface area contributed by atoms with E-state index in [1.54, 1.807) is 0 Å². The van der Waals surface area contributed by atoms with Crippen molar-refractivity contribution < 1.29 is 8.83 Å². The van der Waals surface area contributed by atoms with Crippen LogP contribution < -0.4 is 0 Å². The summed E-state index contributed by atoms with van der Waals surface area (Å²) in [7, 11) is 0. The zero-order valence-corrected chi connectivity index (χ0v) is 12.7. The Bertz CT molecular complexity index is 1170. The average molecular weight is 320 g/mol. The summed E-state index contributed by atoms with van der Waals surface area (Å²) in [5.41, 5.74) is 3.95. The Labute approximate surface area is 136 Å². The number of rotatable bonds is 1. The van der Waals surface area contributed by atoms with Gasteiger partial charge in [0.25, 0.3) is 0 Å². The smallest absolute Gasteiger partial charge is 0.227 e. The molecule has 0 aliphatic carbocycles. The van der Waals surface area contributed by atoms with E-state index in [0.717, 1.165) is 33.0 Å². The van der Waals surface area contributed by atoms with Crippen LogP contribution in [0.15, 0.2) is 69.5 Å². The van der Waals surface area contributed by atoms with Crippen LogP contribution in [0.25, 0.3) is 44.5 Å². The van der Waals surface area contributed by atoms with Crippen molar-refractivity contribution in [2.45, 2.75) is 0 Å². The van der Waals surface area contributed by atoms with Gasteiger partial charge >= 0.3 is 0 Å². The molecule has 2 aromatic heterocycles. The summed E-state index contributed by atoms with van der Waals surface area (Å²) in [6.07, 6.45) is 0. The van der Waals surface area contributed by atoms with Gasteiger partial charge in [-0.2, -0.15) is 0 Å². The molecule has 0 N–H and O–H groups in total. The van der Waals surface area contributed by atoms with Crippen LogP contribution in [0.4, 0.5) is 0 Å². The highest BCUT2D eigenvalue weighted by Gasteiger charge is 2.14. The molecule has 0 atom stereocenters. The van der Waals surface area contributed by atoms with Crippen LogP contribution in [0.3, 0.4) is 0 Å². The zero-order chi connectivity index (χ0) is 15.4. The molecule has 0 amide bonds. The molecule has 0 unspecified atom stereocenters. The summed E-state index contributed by atoms with van der Waals surface area (Å²) < 4.78 is 11.8. The molecular formula is C19H10ClNO2. The molecule has 110 valence electrons. The second kappa shape index (κ2) is 4.61. The Morgan fingerprint density at radius 1 is 0.783 bits per heavy atom. The van der Waals surface area contributed by atoms with Crippen molar-refractivity contribution >= 4 is 44.6 Å². The van der Waals surface area contributed by atoms with Crippen LogP contribution in [0.1, 0.15) is 0 Å². The fraction of sp³-hybridized carbons (Fsp3) is 0. The zero-order valence-electron chi connectivity index (χ0n) is 11.9.